The van der Waals surface area contributed by atoms with Crippen LogP contribution in [-0.4, -0.2) is 35.7 Å². The summed E-state index contributed by atoms with van der Waals surface area (Å²) in [5.41, 5.74) is 6.99. The van der Waals surface area contributed by atoms with Crippen LogP contribution < -0.4 is 5.73 Å². The number of halogens is 1. The Balaban J connectivity index is 0.00000133. The van der Waals surface area contributed by atoms with Gasteiger partial charge in [0.25, 0.3) is 0 Å². The number of hydrogen-bond donors (Lipinski definition) is 1. The molecular formula is C14H19ClN2OS. The van der Waals surface area contributed by atoms with E-state index in [2.05, 4.69) is 12.1 Å². The van der Waals surface area contributed by atoms with Gasteiger partial charge in [0.15, 0.2) is 0 Å². The second kappa shape index (κ2) is 6.16. The molecule has 2 aliphatic heterocycles. The molecule has 3 nitrogen and oxygen atoms in total. The largest absolute Gasteiger partial charge is 0.341 e. The molecular weight excluding hydrogens is 280 g/mol. The number of likely N-dealkylation sites (tertiary alicyclic amines) is 1. The fourth-order valence-corrected chi connectivity index (χ4v) is 4.03. The lowest BCUT2D eigenvalue weighted by atomic mass is 10.1. The van der Waals surface area contributed by atoms with E-state index in [-0.39, 0.29) is 17.7 Å². The Morgan fingerprint density at radius 2 is 2.21 bits per heavy atom. The van der Waals surface area contributed by atoms with Crippen molar-refractivity contribution < 1.29 is 4.79 Å². The molecule has 2 unspecified atom stereocenters. The average molecular weight is 299 g/mol. The lowest BCUT2D eigenvalue weighted by molar-refractivity contribution is -0.129. The molecule has 0 bridgehead atoms. The van der Waals surface area contributed by atoms with E-state index < -0.39 is 0 Å². The van der Waals surface area contributed by atoms with Gasteiger partial charge in [-0.1, -0.05) is 18.2 Å². The Morgan fingerprint density at radius 1 is 1.42 bits per heavy atom. The minimum atomic E-state index is 0. The number of rotatable bonds is 2. The van der Waals surface area contributed by atoms with Gasteiger partial charge in [-0.3, -0.25) is 4.79 Å². The monoisotopic (exact) mass is 298 g/mol. The van der Waals surface area contributed by atoms with E-state index in [1.807, 2.05) is 17.0 Å². The highest BCUT2D eigenvalue weighted by Gasteiger charge is 2.34. The van der Waals surface area contributed by atoms with Crippen molar-refractivity contribution in [3.8, 4) is 0 Å². The third-order valence-corrected chi connectivity index (χ3v) is 5.16. The molecule has 3 rings (SSSR count). The maximum Gasteiger partial charge on any atom is 0.236 e. The molecule has 0 spiro atoms. The molecule has 1 saturated heterocycles. The summed E-state index contributed by atoms with van der Waals surface area (Å²) in [5, 5.41) is 0.0823. The Kier molecular flexibility index (Phi) is 4.76. The van der Waals surface area contributed by atoms with Crippen molar-refractivity contribution in [2.24, 2.45) is 11.7 Å². The normalized spacial score (nSPS) is 25.0. The topological polar surface area (TPSA) is 46.3 Å². The molecule has 1 amide bonds. The van der Waals surface area contributed by atoms with Crippen LogP contribution in [0.2, 0.25) is 0 Å². The summed E-state index contributed by atoms with van der Waals surface area (Å²) in [6.45, 7) is 2.43. The summed E-state index contributed by atoms with van der Waals surface area (Å²) < 4.78 is 0. The summed E-state index contributed by atoms with van der Waals surface area (Å²) in [7, 11) is 0. The van der Waals surface area contributed by atoms with Crippen LogP contribution >= 0.6 is 24.2 Å². The molecule has 0 aliphatic carbocycles. The number of carbonyl (C=O) groups is 1. The maximum absolute atomic E-state index is 12.4. The molecule has 5 heteroatoms. The van der Waals surface area contributed by atoms with Crippen LogP contribution in [0.1, 0.15) is 12.0 Å². The van der Waals surface area contributed by atoms with Crippen molar-refractivity contribution in [3.63, 3.8) is 0 Å². The van der Waals surface area contributed by atoms with Gasteiger partial charge in [0, 0.05) is 18.0 Å². The quantitative estimate of drug-likeness (QED) is 0.907. The number of hydrogen-bond acceptors (Lipinski definition) is 3. The third kappa shape index (κ3) is 2.91. The van der Waals surface area contributed by atoms with E-state index in [0.29, 0.717) is 18.4 Å². The predicted molar refractivity (Wildman–Crippen MR) is 80.8 cm³/mol. The van der Waals surface area contributed by atoms with E-state index in [4.69, 9.17) is 5.73 Å². The fourth-order valence-electron chi connectivity index (χ4n) is 2.75. The minimum Gasteiger partial charge on any atom is -0.341 e. The second-order valence-corrected chi connectivity index (χ2v) is 6.34. The summed E-state index contributed by atoms with van der Waals surface area (Å²) >= 11 is 1.72. The van der Waals surface area contributed by atoms with Crippen LogP contribution in [0.5, 0.6) is 0 Å². The van der Waals surface area contributed by atoms with Gasteiger partial charge in [-0.05, 0) is 36.9 Å². The Hall–Kier alpha value is -0.710. The highest BCUT2D eigenvalue weighted by atomic mass is 35.5. The van der Waals surface area contributed by atoms with Gasteiger partial charge < -0.3 is 10.6 Å². The molecule has 0 radical (unpaired) electrons. The molecule has 1 aromatic carbocycles. The second-order valence-electron chi connectivity index (χ2n) is 5.09. The molecule has 2 aliphatic rings. The van der Waals surface area contributed by atoms with Gasteiger partial charge in [0.05, 0.1) is 5.25 Å². The summed E-state index contributed by atoms with van der Waals surface area (Å²) in [5.74, 6) is 0.801. The van der Waals surface area contributed by atoms with E-state index in [9.17, 15) is 4.79 Å². The minimum absolute atomic E-state index is 0. The van der Waals surface area contributed by atoms with Crippen LogP contribution in [-0.2, 0) is 11.2 Å². The van der Waals surface area contributed by atoms with Crippen molar-refractivity contribution >= 4 is 30.1 Å². The van der Waals surface area contributed by atoms with Gasteiger partial charge in [-0.15, -0.1) is 24.2 Å². The highest BCUT2D eigenvalue weighted by molar-refractivity contribution is 8.01. The number of nitrogens with two attached hydrogens (primary N) is 1. The van der Waals surface area contributed by atoms with Crippen LogP contribution in [0.25, 0.3) is 0 Å². The summed E-state index contributed by atoms with van der Waals surface area (Å²) in [4.78, 5) is 15.7. The fraction of sp³-hybridized carbons (Fsp3) is 0.500. The summed E-state index contributed by atoms with van der Waals surface area (Å²) in [6.07, 6.45) is 1.94. The van der Waals surface area contributed by atoms with E-state index in [0.717, 1.165) is 25.9 Å². The van der Waals surface area contributed by atoms with Gasteiger partial charge in [0.2, 0.25) is 5.91 Å². The molecule has 0 saturated carbocycles. The first kappa shape index (κ1) is 14.7. The zero-order valence-corrected chi connectivity index (χ0v) is 12.4. The summed E-state index contributed by atoms with van der Waals surface area (Å²) in [6, 6.07) is 8.33. The number of carbonyl (C=O) groups excluding carboxylic acids is 1. The van der Waals surface area contributed by atoms with Crippen molar-refractivity contribution in [1.82, 2.24) is 4.90 Å². The first-order valence-electron chi connectivity index (χ1n) is 6.51. The van der Waals surface area contributed by atoms with Gasteiger partial charge >= 0.3 is 0 Å². The van der Waals surface area contributed by atoms with Crippen LogP contribution in [0, 0.1) is 5.92 Å². The van der Waals surface area contributed by atoms with Crippen molar-refractivity contribution in [2.75, 3.05) is 19.6 Å². The number of fused-ring (bicyclic) bond motifs is 1. The lowest BCUT2D eigenvalue weighted by Gasteiger charge is -2.19. The van der Waals surface area contributed by atoms with Gasteiger partial charge in [0.1, 0.15) is 0 Å². The predicted octanol–water partition coefficient (Wildman–Crippen LogP) is 1.93. The van der Waals surface area contributed by atoms with Crippen LogP contribution in [0.4, 0.5) is 0 Å². The first-order chi connectivity index (χ1) is 8.78. The first-order valence-corrected chi connectivity index (χ1v) is 7.39. The molecule has 1 fully saturated rings. The van der Waals surface area contributed by atoms with Crippen molar-refractivity contribution in [1.29, 1.82) is 0 Å². The molecule has 2 N–H and O–H groups in total. The van der Waals surface area contributed by atoms with E-state index in [1.165, 1.54) is 10.5 Å². The van der Waals surface area contributed by atoms with Gasteiger partial charge in [-0.2, -0.15) is 0 Å². The van der Waals surface area contributed by atoms with Gasteiger partial charge in [-0.25, -0.2) is 0 Å². The smallest absolute Gasteiger partial charge is 0.236 e. The van der Waals surface area contributed by atoms with Crippen LogP contribution in [0.3, 0.4) is 0 Å². The molecule has 0 aromatic heterocycles. The van der Waals surface area contributed by atoms with E-state index in [1.54, 1.807) is 11.8 Å². The SMILES string of the molecule is Cl.NCC1CCN(C(=O)C2Cc3ccccc3S2)C1. The third-order valence-electron chi connectivity index (χ3n) is 3.85. The zero-order valence-electron chi connectivity index (χ0n) is 10.7. The number of thioether (sulfide) groups is 1. The molecule has 104 valence electrons. The number of amides is 1. The Morgan fingerprint density at radius 3 is 2.89 bits per heavy atom. The number of nitrogens with zero attached hydrogens (tertiary/aromatic N) is 1. The molecule has 2 atom stereocenters. The highest BCUT2D eigenvalue weighted by Crippen LogP contribution is 2.38. The van der Waals surface area contributed by atoms with Crippen LogP contribution in [0.15, 0.2) is 29.2 Å². The Bertz CT molecular complexity index is 444. The number of benzene rings is 1. The van der Waals surface area contributed by atoms with Crippen molar-refractivity contribution in [2.45, 2.75) is 23.0 Å². The van der Waals surface area contributed by atoms with Crippen molar-refractivity contribution in [3.05, 3.63) is 29.8 Å². The maximum atomic E-state index is 12.4. The van der Waals surface area contributed by atoms with E-state index >= 15 is 0 Å². The molecule has 2 heterocycles. The lowest BCUT2D eigenvalue weighted by Crippen LogP contribution is -2.36. The molecule has 19 heavy (non-hydrogen) atoms. The average Bonchev–Trinajstić information content (AvgIpc) is 3.04. The standard InChI is InChI=1S/C14H18N2OS.ClH/c15-8-10-5-6-16(9-10)14(17)13-7-11-3-1-2-4-12(11)18-13;/h1-4,10,13H,5-9,15H2;1H. The molecule has 1 aromatic rings. The Labute approximate surface area is 124 Å². The zero-order chi connectivity index (χ0) is 12.5.